The number of nitrogens with zero attached hydrogens (tertiary/aromatic N) is 3. The molecule has 256 valence electrons. The van der Waals surface area contributed by atoms with Crippen molar-refractivity contribution in [2.24, 2.45) is 0 Å². The Morgan fingerprint density at radius 2 is 1.48 bits per heavy atom. The molecule has 3 aromatic heterocycles. The second-order valence-electron chi connectivity index (χ2n) is 14.2. The van der Waals surface area contributed by atoms with Crippen LogP contribution in [-0.2, 0) is 19.3 Å². The van der Waals surface area contributed by atoms with Gasteiger partial charge in [-0.3, -0.25) is 4.57 Å². The second kappa shape index (κ2) is 13.4. The Kier molecular flexibility index (Phi) is 8.31. The number of allylic oxidation sites excluding steroid dienone is 1. The maximum Gasteiger partial charge on any atom is 0.213 e. The van der Waals surface area contributed by atoms with E-state index in [1.54, 1.807) is 0 Å². The Morgan fingerprint density at radius 1 is 0.731 bits per heavy atom. The van der Waals surface area contributed by atoms with E-state index in [1.807, 2.05) is 0 Å². The second-order valence-corrected chi connectivity index (χ2v) is 14.2. The van der Waals surface area contributed by atoms with E-state index in [2.05, 4.69) is 163 Å². The molecule has 9 rings (SSSR count). The van der Waals surface area contributed by atoms with Crippen LogP contribution in [0.4, 0.5) is 0 Å². The number of imidazole rings is 1. The number of hydrogen-bond donors (Lipinski definition) is 0. The monoisotopic (exact) mass is 678 g/mol. The van der Waals surface area contributed by atoms with Crippen LogP contribution >= 0.6 is 0 Å². The summed E-state index contributed by atoms with van der Waals surface area (Å²) in [5, 5.41) is 2.26. The molecule has 0 amide bonds. The Balaban J connectivity index is 1.28. The predicted molar refractivity (Wildman–Crippen MR) is 214 cm³/mol. The number of fused-ring (bicyclic) bond motifs is 7. The minimum absolute atomic E-state index is 0.145. The van der Waals surface area contributed by atoms with Crippen LogP contribution in [0, 0.1) is 0 Å². The van der Waals surface area contributed by atoms with Crippen molar-refractivity contribution >= 4 is 33.0 Å². The van der Waals surface area contributed by atoms with Crippen LogP contribution in [0.25, 0.3) is 61.3 Å². The number of aromatic nitrogens is 3. The van der Waals surface area contributed by atoms with Gasteiger partial charge in [0.05, 0.1) is 28.2 Å². The molecular weight excluding hydrogens is 635 g/mol. The summed E-state index contributed by atoms with van der Waals surface area (Å²) in [6.45, 7) is 8.90. The lowest BCUT2D eigenvalue weighted by atomic mass is 9.79. The summed E-state index contributed by atoms with van der Waals surface area (Å²) in [6, 6.07) is 44.1. The summed E-state index contributed by atoms with van der Waals surface area (Å²) in [5.41, 5.74) is 14.2. The average Bonchev–Trinajstić information content (AvgIpc) is 3.75. The van der Waals surface area contributed by atoms with Crippen molar-refractivity contribution in [3.8, 4) is 28.3 Å². The minimum Gasteiger partial charge on any atom is -0.455 e. The third-order valence-electron chi connectivity index (χ3n) is 11.1. The number of hydrogen-bond acceptors (Lipinski definition) is 2. The average molecular weight is 679 g/mol. The lowest BCUT2D eigenvalue weighted by molar-refractivity contribution is -0.707. The number of pyridine rings is 1. The van der Waals surface area contributed by atoms with Crippen molar-refractivity contribution in [1.82, 2.24) is 9.55 Å². The van der Waals surface area contributed by atoms with Gasteiger partial charge in [0.2, 0.25) is 5.69 Å². The summed E-state index contributed by atoms with van der Waals surface area (Å²) < 4.78 is 11.8. The molecule has 1 aliphatic heterocycles. The van der Waals surface area contributed by atoms with Crippen molar-refractivity contribution in [1.29, 1.82) is 0 Å². The fraction of sp³-hybridized carbons (Fsp3) is 0.208. The molecule has 8 aromatic rings. The maximum absolute atomic E-state index is 6.88. The molecule has 0 N–H and O–H groups in total. The standard InChI is InChI=1S/C48H44N3O/c1-4-16-33-18-15-19-34(17-5-2)46(33)51-43-25-11-10-23-40(43)49-48(51)45-32(28-30-39-38-22-9-12-26-44(38)52-47(39)45)27-29-37-35-20-7-8-21-36(35)42-24-13-14-31-50(42)41(37)6-3/h6-15,18-26,28,30-31,37,41H,3-5,16-17,27,29H2,1-2H3/q+1. The van der Waals surface area contributed by atoms with E-state index in [4.69, 9.17) is 9.40 Å². The number of para-hydroxylation sites is 4. The molecule has 4 nitrogen and oxygen atoms in total. The van der Waals surface area contributed by atoms with Gasteiger partial charge >= 0.3 is 0 Å². The third-order valence-corrected chi connectivity index (χ3v) is 11.1. The number of furan rings is 1. The highest BCUT2D eigenvalue weighted by molar-refractivity contribution is 6.10. The van der Waals surface area contributed by atoms with Gasteiger partial charge in [-0.1, -0.05) is 112 Å². The molecule has 0 bridgehead atoms. The van der Waals surface area contributed by atoms with E-state index >= 15 is 0 Å². The van der Waals surface area contributed by atoms with Crippen LogP contribution in [-0.4, -0.2) is 9.55 Å². The molecule has 1 aliphatic rings. The summed E-state index contributed by atoms with van der Waals surface area (Å²) in [6.07, 6.45) is 10.3. The third kappa shape index (κ3) is 5.20. The first kappa shape index (κ1) is 32.2. The molecule has 0 saturated carbocycles. The predicted octanol–water partition coefficient (Wildman–Crippen LogP) is 11.9. The van der Waals surface area contributed by atoms with Gasteiger partial charge in [-0.25, -0.2) is 4.98 Å². The maximum atomic E-state index is 6.88. The van der Waals surface area contributed by atoms with Gasteiger partial charge < -0.3 is 4.42 Å². The van der Waals surface area contributed by atoms with Crippen LogP contribution in [0.2, 0.25) is 0 Å². The molecule has 0 spiro atoms. The number of aryl methyl sites for hydroxylation is 3. The first-order valence-corrected chi connectivity index (χ1v) is 18.9. The van der Waals surface area contributed by atoms with E-state index in [-0.39, 0.29) is 12.0 Å². The van der Waals surface area contributed by atoms with Crippen LogP contribution in [0.3, 0.4) is 0 Å². The minimum atomic E-state index is 0.145. The highest BCUT2D eigenvalue weighted by atomic mass is 16.3. The Morgan fingerprint density at radius 3 is 2.31 bits per heavy atom. The highest BCUT2D eigenvalue weighted by Gasteiger charge is 2.38. The van der Waals surface area contributed by atoms with E-state index in [0.29, 0.717) is 0 Å². The summed E-state index contributed by atoms with van der Waals surface area (Å²) in [4.78, 5) is 5.52. The van der Waals surface area contributed by atoms with Gasteiger partial charge in [0.1, 0.15) is 17.0 Å². The summed E-state index contributed by atoms with van der Waals surface area (Å²) >= 11 is 0. The Hall–Kier alpha value is -5.74. The van der Waals surface area contributed by atoms with Crippen molar-refractivity contribution in [2.75, 3.05) is 0 Å². The molecule has 2 unspecified atom stereocenters. The number of benzene rings is 5. The van der Waals surface area contributed by atoms with Gasteiger partial charge in [-0.05, 0) is 84.3 Å². The Bertz CT molecular complexity index is 2580. The molecule has 2 atom stereocenters. The molecule has 0 aliphatic carbocycles. The summed E-state index contributed by atoms with van der Waals surface area (Å²) in [5.74, 6) is 1.21. The largest absolute Gasteiger partial charge is 0.455 e. The van der Waals surface area contributed by atoms with E-state index in [9.17, 15) is 0 Å². The molecule has 4 heteroatoms. The van der Waals surface area contributed by atoms with Crippen LogP contribution in [0.5, 0.6) is 0 Å². The van der Waals surface area contributed by atoms with Crippen molar-refractivity contribution in [3.05, 3.63) is 162 Å². The quantitative estimate of drug-likeness (QED) is 0.107. The lowest BCUT2D eigenvalue weighted by Crippen LogP contribution is -2.46. The molecule has 0 fully saturated rings. The molecule has 5 aromatic carbocycles. The zero-order valence-corrected chi connectivity index (χ0v) is 30.1. The van der Waals surface area contributed by atoms with Gasteiger partial charge in [-0.2, -0.15) is 4.57 Å². The molecular formula is C48H44N3O+. The van der Waals surface area contributed by atoms with Gasteiger partial charge in [0, 0.05) is 28.5 Å². The van der Waals surface area contributed by atoms with Crippen molar-refractivity contribution in [2.45, 2.75) is 64.3 Å². The Labute approximate surface area is 305 Å². The topological polar surface area (TPSA) is 34.8 Å². The molecule has 0 saturated heterocycles. The van der Waals surface area contributed by atoms with E-state index in [1.165, 1.54) is 39.2 Å². The first-order valence-electron chi connectivity index (χ1n) is 18.9. The van der Waals surface area contributed by atoms with Crippen molar-refractivity contribution < 1.29 is 8.98 Å². The SMILES string of the molecule is C=CC1C(CCc2ccc3c(oc4ccccc43)c2-c2nc3ccccc3n2-c2c(CCC)cccc2CCC)c2ccccc2-c2cccc[n+]21. The molecule has 0 radical (unpaired) electrons. The van der Waals surface area contributed by atoms with Crippen LogP contribution < -0.4 is 4.57 Å². The fourth-order valence-electron chi connectivity index (χ4n) is 8.87. The van der Waals surface area contributed by atoms with Gasteiger partial charge in [-0.15, -0.1) is 0 Å². The van der Waals surface area contributed by atoms with E-state index < -0.39 is 0 Å². The molecule has 52 heavy (non-hydrogen) atoms. The lowest BCUT2D eigenvalue weighted by Gasteiger charge is -2.29. The summed E-state index contributed by atoms with van der Waals surface area (Å²) in [7, 11) is 0. The highest BCUT2D eigenvalue weighted by Crippen LogP contribution is 2.44. The first-order chi connectivity index (χ1) is 25.7. The molecule has 4 heterocycles. The smallest absolute Gasteiger partial charge is 0.213 e. The zero-order valence-electron chi connectivity index (χ0n) is 30.1. The number of rotatable bonds is 10. The van der Waals surface area contributed by atoms with Crippen LogP contribution in [0.15, 0.2) is 145 Å². The van der Waals surface area contributed by atoms with Crippen LogP contribution in [0.1, 0.15) is 67.3 Å². The van der Waals surface area contributed by atoms with E-state index in [0.717, 1.165) is 82.9 Å². The normalized spacial score (nSPS) is 15.3. The van der Waals surface area contributed by atoms with Gasteiger partial charge in [0.25, 0.3) is 0 Å². The zero-order chi connectivity index (χ0) is 35.2. The fourth-order valence-corrected chi connectivity index (χ4v) is 8.87. The van der Waals surface area contributed by atoms with Gasteiger partial charge in [0.15, 0.2) is 12.2 Å². The van der Waals surface area contributed by atoms with Crippen molar-refractivity contribution in [3.63, 3.8) is 0 Å².